The minimum absolute atomic E-state index is 0.0181. The molecule has 0 bridgehead atoms. The van der Waals surface area contributed by atoms with E-state index in [0.717, 1.165) is 44.9 Å². The fourth-order valence-corrected chi connectivity index (χ4v) is 7.57. The standard InChI is InChI=1S/C22H37N3O3/c1-15-4-8-20(2,19(26)14-15)17-5-9-21(3)18(16(17)7-11-24-25-23)6-10-22(21)27-12-13-28-22/h15-19,26H,4-14H2,1-3H3/t15-,16+,17?,18?,19-,20+,21-/m0/s1. The van der Waals surface area contributed by atoms with Gasteiger partial charge in [0.25, 0.3) is 0 Å². The zero-order valence-electron chi connectivity index (χ0n) is 17.8. The molecule has 3 saturated carbocycles. The van der Waals surface area contributed by atoms with E-state index in [2.05, 4.69) is 30.8 Å². The van der Waals surface area contributed by atoms with Gasteiger partial charge >= 0.3 is 0 Å². The lowest BCUT2D eigenvalue weighted by Crippen LogP contribution is -2.56. The van der Waals surface area contributed by atoms with Gasteiger partial charge in [0, 0.05) is 23.3 Å². The Labute approximate surface area is 169 Å². The summed E-state index contributed by atoms with van der Waals surface area (Å²) in [5.41, 5.74) is 8.79. The van der Waals surface area contributed by atoms with E-state index in [1.165, 1.54) is 6.42 Å². The predicted octanol–water partition coefficient (Wildman–Crippen LogP) is 5.06. The number of aliphatic hydroxyl groups is 1. The van der Waals surface area contributed by atoms with Gasteiger partial charge < -0.3 is 14.6 Å². The van der Waals surface area contributed by atoms with Crippen molar-refractivity contribution in [3.63, 3.8) is 0 Å². The van der Waals surface area contributed by atoms with E-state index >= 15 is 0 Å². The van der Waals surface area contributed by atoms with Crippen LogP contribution in [-0.2, 0) is 9.47 Å². The van der Waals surface area contributed by atoms with Gasteiger partial charge in [-0.05, 0) is 79.6 Å². The van der Waals surface area contributed by atoms with Crippen LogP contribution in [0.25, 0.3) is 10.4 Å². The van der Waals surface area contributed by atoms with Crippen molar-refractivity contribution in [3.8, 4) is 0 Å². The van der Waals surface area contributed by atoms with Gasteiger partial charge in [-0.1, -0.05) is 25.9 Å². The van der Waals surface area contributed by atoms with E-state index in [9.17, 15) is 5.11 Å². The molecular weight excluding hydrogens is 354 g/mol. The Morgan fingerprint density at radius 2 is 1.79 bits per heavy atom. The van der Waals surface area contributed by atoms with Gasteiger partial charge in [-0.3, -0.25) is 0 Å². The van der Waals surface area contributed by atoms with Crippen LogP contribution < -0.4 is 0 Å². The number of hydrogen-bond acceptors (Lipinski definition) is 4. The second-order valence-electron chi connectivity index (χ2n) is 10.5. The van der Waals surface area contributed by atoms with Gasteiger partial charge in [0.1, 0.15) is 0 Å². The SMILES string of the molecule is C[C@H]1CC[C@](C)(C2CC[C@@]3(C)C(CCC34OCCO4)[C@@H]2CCN=[N+]=[N-])[C@@H](O)C1. The number of rotatable bonds is 4. The molecule has 1 aliphatic heterocycles. The van der Waals surface area contributed by atoms with E-state index < -0.39 is 5.79 Å². The van der Waals surface area contributed by atoms with Crippen molar-refractivity contribution in [2.24, 2.45) is 39.6 Å². The van der Waals surface area contributed by atoms with Gasteiger partial charge in [-0.15, -0.1) is 0 Å². The number of nitrogens with zero attached hydrogens (tertiary/aromatic N) is 3. The Bertz CT molecular complexity index is 631. The van der Waals surface area contributed by atoms with E-state index in [-0.39, 0.29) is 16.9 Å². The zero-order chi connectivity index (χ0) is 20.0. The van der Waals surface area contributed by atoms with Gasteiger partial charge in [-0.2, -0.15) is 0 Å². The maximum Gasteiger partial charge on any atom is 0.174 e. The maximum atomic E-state index is 11.1. The lowest BCUT2D eigenvalue weighted by Gasteiger charge is -2.57. The average Bonchev–Trinajstić information content (AvgIpc) is 3.26. The van der Waals surface area contributed by atoms with Gasteiger partial charge in [0.2, 0.25) is 0 Å². The molecule has 3 aliphatic carbocycles. The van der Waals surface area contributed by atoms with Crippen molar-refractivity contribution in [3.05, 3.63) is 10.4 Å². The number of ether oxygens (including phenoxy) is 2. The van der Waals surface area contributed by atoms with Crippen molar-refractivity contribution < 1.29 is 14.6 Å². The van der Waals surface area contributed by atoms with Gasteiger partial charge in [0.15, 0.2) is 5.79 Å². The molecule has 2 unspecified atom stereocenters. The molecule has 6 nitrogen and oxygen atoms in total. The Kier molecular flexibility index (Phi) is 5.45. The Morgan fingerprint density at radius 1 is 1.07 bits per heavy atom. The lowest BCUT2D eigenvalue weighted by molar-refractivity contribution is -0.245. The molecule has 4 aliphatic rings. The molecule has 6 heteroatoms. The maximum absolute atomic E-state index is 11.1. The summed E-state index contributed by atoms with van der Waals surface area (Å²) >= 11 is 0. The molecule has 0 aromatic carbocycles. The number of azide groups is 1. The molecule has 0 aromatic rings. The van der Waals surface area contributed by atoms with Gasteiger partial charge in [-0.25, -0.2) is 0 Å². The topological polar surface area (TPSA) is 87.5 Å². The Morgan fingerprint density at radius 3 is 2.46 bits per heavy atom. The molecule has 1 N–H and O–H groups in total. The highest BCUT2D eigenvalue weighted by atomic mass is 16.7. The number of fused-ring (bicyclic) bond motifs is 2. The smallest absolute Gasteiger partial charge is 0.174 e. The average molecular weight is 392 g/mol. The highest BCUT2D eigenvalue weighted by Crippen LogP contribution is 2.66. The predicted molar refractivity (Wildman–Crippen MR) is 107 cm³/mol. The molecule has 4 fully saturated rings. The van der Waals surface area contributed by atoms with E-state index in [4.69, 9.17) is 15.0 Å². The Hall–Kier alpha value is -0.810. The second-order valence-corrected chi connectivity index (χ2v) is 10.5. The quantitative estimate of drug-likeness (QED) is 0.413. The summed E-state index contributed by atoms with van der Waals surface area (Å²) in [6.45, 7) is 8.89. The molecule has 7 atom stereocenters. The zero-order valence-corrected chi connectivity index (χ0v) is 17.8. The van der Waals surface area contributed by atoms with E-state index in [0.29, 0.717) is 43.4 Å². The van der Waals surface area contributed by atoms with Crippen LogP contribution in [-0.4, -0.2) is 36.8 Å². The molecule has 0 radical (unpaired) electrons. The summed E-state index contributed by atoms with van der Waals surface area (Å²) < 4.78 is 12.5. The summed E-state index contributed by atoms with van der Waals surface area (Å²) in [4.78, 5) is 3.00. The van der Waals surface area contributed by atoms with Crippen LogP contribution in [0.3, 0.4) is 0 Å². The molecule has 4 rings (SSSR count). The lowest BCUT2D eigenvalue weighted by atomic mass is 9.50. The minimum atomic E-state index is -0.417. The normalized spacial score (nSPS) is 47.6. The minimum Gasteiger partial charge on any atom is -0.393 e. The first kappa shape index (κ1) is 20.5. The Balaban J connectivity index is 1.64. The van der Waals surface area contributed by atoms with Crippen LogP contribution in [0.5, 0.6) is 0 Å². The summed E-state index contributed by atoms with van der Waals surface area (Å²) in [5, 5.41) is 15.0. The van der Waals surface area contributed by atoms with E-state index in [1.54, 1.807) is 0 Å². The van der Waals surface area contributed by atoms with Crippen molar-refractivity contribution in [1.29, 1.82) is 0 Å². The highest BCUT2D eigenvalue weighted by Gasteiger charge is 2.66. The molecular formula is C22H37N3O3. The van der Waals surface area contributed by atoms with Crippen LogP contribution in [0.2, 0.25) is 0 Å². The third-order valence-electron chi connectivity index (χ3n) is 9.27. The van der Waals surface area contributed by atoms with Crippen molar-refractivity contribution in [2.75, 3.05) is 19.8 Å². The number of hydrogen-bond donors (Lipinski definition) is 1. The molecule has 1 spiro atoms. The first-order valence-corrected chi connectivity index (χ1v) is 11.3. The molecule has 0 aromatic heterocycles. The highest BCUT2D eigenvalue weighted by molar-refractivity contribution is 5.11. The third-order valence-corrected chi connectivity index (χ3v) is 9.27. The summed E-state index contributed by atoms with van der Waals surface area (Å²) in [6, 6.07) is 0. The molecule has 158 valence electrons. The van der Waals surface area contributed by atoms with Crippen LogP contribution >= 0.6 is 0 Å². The second kappa shape index (κ2) is 7.46. The first-order valence-electron chi connectivity index (χ1n) is 11.3. The molecule has 0 amide bonds. The van der Waals surface area contributed by atoms with Crippen molar-refractivity contribution >= 4 is 0 Å². The molecule has 1 saturated heterocycles. The molecule has 28 heavy (non-hydrogen) atoms. The fourth-order valence-electron chi connectivity index (χ4n) is 7.57. The largest absolute Gasteiger partial charge is 0.393 e. The molecule has 1 heterocycles. The van der Waals surface area contributed by atoms with Crippen LogP contribution in [0, 0.1) is 34.5 Å². The first-order chi connectivity index (χ1) is 13.4. The van der Waals surface area contributed by atoms with Crippen molar-refractivity contribution in [1.82, 2.24) is 0 Å². The van der Waals surface area contributed by atoms with Crippen LogP contribution in [0.4, 0.5) is 0 Å². The van der Waals surface area contributed by atoms with E-state index in [1.807, 2.05) is 0 Å². The fraction of sp³-hybridized carbons (Fsp3) is 1.00. The third kappa shape index (κ3) is 2.99. The van der Waals surface area contributed by atoms with Crippen molar-refractivity contribution in [2.45, 2.75) is 84.0 Å². The number of aliphatic hydroxyl groups excluding tert-OH is 1. The van der Waals surface area contributed by atoms with Crippen LogP contribution in [0.15, 0.2) is 5.11 Å². The van der Waals surface area contributed by atoms with Crippen LogP contribution in [0.1, 0.15) is 72.1 Å². The van der Waals surface area contributed by atoms with Gasteiger partial charge in [0.05, 0.1) is 19.3 Å². The summed E-state index contributed by atoms with van der Waals surface area (Å²) in [7, 11) is 0. The summed E-state index contributed by atoms with van der Waals surface area (Å²) in [5.74, 6) is 1.61. The summed E-state index contributed by atoms with van der Waals surface area (Å²) in [6.07, 6.45) is 8.15. The monoisotopic (exact) mass is 391 g/mol.